The Hall–Kier alpha value is -1.66. The van der Waals surface area contributed by atoms with Crippen molar-refractivity contribution in [3.8, 4) is 0 Å². The van der Waals surface area contributed by atoms with Crippen molar-refractivity contribution in [2.75, 3.05) is 5.32 Å². The van der Waals surface area contributed by atoms with Crippen molar-refractivity contribution < 1.29 is 18.0 Å². The van der Waals surface area contributed by atoms with Crippen molar-refractivity contribution in [2.45, 2.75) is 38.8 Å². The average molecular weight is 261 g/mol. The number of halogens is 3. The second-order valence-electron chi connectivity index (χ2n) is 3.80. The van der Waals surface area contributed by atoms with Gasteiger partial charge in [0.05, 0.1) is 6.20 Å². The van der Waals surface area contributed by atoms with Gasteiger partial charge in [-0.3, -0.25) is 4.79 Å². The van der Waals surface area contributed by atoms with Crippen LogP contribution in [-0.4, -0.2) is 16.1 Å². The molecule has 0 fully saturated rings. The fourth-order valence-corrected chi connectivity index (χ4v) is 1.38. The van der Waals surface area contributed by atoms with Gasteiger partial charge in [-0.25, -0.2) is 0 Å². The number of alkyl halides is 3. The highest BCUT2D eigenvalue weighted by molar-refractivity contribution is 5.90. The predicted octanol–water partition coefficient (Wildman–Crippen LogP) is 3.01. The molecule has 0 saturated carbocycles. The van der Waals surface area contributed by atoms with Gasteiger partial charge in [0.2, 0.25) is 5.91 Å². The number of unbranched alkanes of at least 4 members (excludes halogenated alkanes) is 2. The van der Waals surface area contributed by atoms with Crippen LogP contribution >= 0.6 is 0 Å². The van der Waals surface area contributed by atoms with Crippen molar-refractivity contribution in [2.24, 2.45) is 0 Å². The first-order chi connectivity index (χ1) is 8.45. The third-order valence-electron chi connectivity index (χ3n) is 2.29. The second kappa shape index (κ2) is 6.32. The van der Waals surface area contributed by atoms with Crippen LogP contribution in [-0.2, 0) is 11.0 Å². The molecule has 1 N–H and O–H groups in total. The number of carbonyl (C=O) groups is 1. The SMILES string of the molecule is CCCCCC(=O)Nc1nnccc1C(F)(F)F. The Morgan fingerprint density at radius 1 is 1.39 bits per heavy atom. The van der Waals surface area contributed by atoms with Gasteiger partial charge < -0.3 is 5.32 Å². The van der Waals surface area contributed by atoms with Crippen LogP contribution in [0.2, 0.25) is 0 Å². The fourth-order valence-electron chi connectivity index (χ4n) is 1.38. The van der Waals surface area contributed by atoms with Crippen molar-refractivity contribution in [3.05, 3.63) is 17.8 Å². The van der Waals surface area contributed by atoms with Crippen LogP contribution in [0.1, 0.15) is 38.2 Å². The molecule has 0 unspecified atom stereocenters. The summed E-state index contributed by atoms with van der Waals surface area (Å²) in [6, 6.07) is 0.786. The van der Waals surface area contributed by atoms with Crippen molar-refractivity contribution >= 4 is 11.7 Å². The molecule has 18 heavy (non-hydrogen) atoms. The van der Waals surface area contributed by atoms with E-state index in [0.29, 0.717) is 6.42 Å². The van der Waals surface area contributed by atoms with Gasteiger partial charge in [0.1, 0.15) is 5.56 Å². The smallest absolute Gasteiger partial charge is 0.309 e. The molecular weight excluding hydrogens is 247 g/mol. The summed E-state index contributed by atoms with van der Waals surface area (Å²) in [6.07, 6.45) is -0.991. The van der Waals surface area contributed by atoms with Gasteiger partial charge in [0.25, 0.3) is 0 Å². The van der Waals surface area contributed by atoms with E-state index in [1.54, 1.807) is 0 Å². The number of amides is 1. The highest BCUT2D eigenvalue weighted by atomic mass is 19.4. The fraction of sp³-hybridized carbons (Fsp3) is 0.545. The standard InChI is InChI=1S/C11H14F3N3O/c1-2-3-4-5-9(18)16-10-8(11(12,13)14)6-7-15-17-10/h6-7H,2-5H2,1H3,(H,16,17,18). The van der Waals surface area contributed by atoms with E-state index in [1.807, 2.05) is 6.92 Å². The molecule has 0 radical (unpaired) electrons. The van der Waals surface area contributed by atoms with E-state index in [-0.39, 0.29) is 6.42 Å². The van der Waals surface area contributed by atoms with Gasteiger partial charge in [-0.05, 0) is 12.5 Å². The first-order valence-electron chi connectivity index (χ1n) is 5.64. The van der Waals surface area contributed by atoms with Crippen LogP contribution < -0.4 is 5.32 Å². The zero-order valence-electron chi connectivity index (χ0n) is 9.92. The summed E-state index contributed by atoms with van der Waals surface area (Å²) < 4.78 is 37.8. The monoisotopic (exact) mass is 261 g/mol. The van der Waals surface area contributed by atoms with E-state index in [0.717, 1.165) is 25.1 Å². The minimum Gasteiger partial charge on any atom is -0.309 e. The minimum absolute atomic E-state index is 0.182. The molecule has 0 saturated heterocycles. The summed E-state index contributed by atoms with van der Waals surface area (Å²) in [5, 5.41) is 8.80. The van der Waals surface area contributed by atoms with E-state index in [1.165, 1.54) is 0 Å². The van der Waals surface area contributed by atoms with E-state index >= 15 is 0 Å². The Morgan fingerprint density at radius 2 is 2.11 bits per heavy atom. The summed E-state index contributed by atoms with van der Waals surface area (Å²) in [7, 11) is 0. The van der Waals surface area contributed by atoms with Crippen LogP contribution in [0.25, 0.3) is 0 Å². The third kappa shape index (κ3) is 4.31. The molecule has 0 atom stereocenters. The number of carbonyl (C=O) groups excluding carboxylic acids is 1. The van der Waals surface area contributed by atoms with Gasteiger partial charge in [-0.15, -0.1) is 5.10 Å². The maximum absolute atomic E-state index is 12.6. The minimum atomic E-state index is -4.55. The lowest BCUT2D eigenvalue weighted by Crippen LogP contribution is -2.18. The number of aromatic nitrogens is 2. The molecule has 0 aromatic carbocycles. The molecule has 100 valence electrons. The quantitative estimate of drug-likeness (QED) is 0.829. The number of nitrogens with zero attached hydrogens (tertiary/aromatic N) is 2. The van der Waals surface area contributed by atoms with Gasteiger partial charge in [-0.2, -0.15) is 18.3 Å². The maximum atomic E-state index is 12.6. The lowest BCUT2D eigenvalue weighted by Gasteiger charge is -2.11. The van der Waals surface area contributed by atoms with Gasteiger partial charge in [-0.1, -0.05) is 19.8 Å². The lowest BCUT2D eigenvalue weighted by atomic mass is 10.2. The molecule has 1 aromatic heterocycles. The van der Waals surface area contributed by atoms with Crippen LogP contribution in [0.4, 0.5) is 19.0 Å². The Kier molecular flexibility index (Phi) is 5.06. The Bertz CT molecular complexity index is 407. The first kappa shape index (κ1) is 14.4. The Balaban J connectivity index is 2.70. The lowest BCUT2D eigenvalue weighted by molar-refractivity contribution is -0.137. The van der Waals surface area contributed by atoms with Crippen LogP contribution in [0.5, 0.6) is 0 Å². The topological polar surface area (TPSA) is 54.9 Å². The summed E-state index contributed by atoms with van der Waals surface area (Å²) in [5.74, 6) is -1.01. The van der Waals surface area contributed by atoms with Gasteiger partial charge >= 0.3 is 6.18 Å². The third-order valence-corrected chi connectivity index (χ3v) is 2.29. The van der Waals surface area contributed by atoms with Crippen LogP contribution in [0.3, 0.4) is 0 Å². The molecule has 7 heteroatoms. The summed E-state index contributed by atoms with van der Waals surface area (Å²) >= 11 is 0. The summed E-state index contributed by atoms with van der Waals surface area (Å²) in [5.41, 5.74) is -0.985. The number of anilines is 1. The highest BCUT2D eigenvalue weighted by Crippen LogP contribution is 2.32. The van der Waals surface area contributed by atoms with Crippen molar-refractivity contribution in [1.82, 2.24) is 10.2 Å². The van der Waals surface area contributed by atoms with E-state index in [2.05, 4.69) is 15.5 Å². The molecule has 0 aliphatic rings. The number of hydrogen-bond donors (Lipinski definition) is 1. The zero-order valence-corrected chi connectivity index (χ0v) is 9.92. The molecule has 0 bridgehead atoms. The number of nitrogens with one attached hydrogen (secondary N) is 1. The molecule has 0 aliphatic carbocycles. The summed E-state index contributed by atoms with van der Waals surface area (Å²) in [6.45, 7) is 1.97. The maximum Gasteiger partial charge on any atom is 0.420 e. The number of hydrogen-bond acceptors (Lipinski definition) is 3. The van der Waals surface area contributed by atoms with Gasteiger partial charge in [0, 0.05) is 6.42 Å². The Labute approximate surface area is 103 Å². The van der Waals surface area contributed by atoms with Crippen molar-refractivity contribution in [1.29, 1.82) is 0 Å². The average Bonchev–Trinajstić information content (AvgIpc) is 2.28. The molecule has 4 nitrogen and oxygen atoms in total. The molecule has 1 heterocycles. The molecular formula is C11H14F3N3O. The van der Waals surface area contributed by atoms with Gasteiger partial charge in [0.15, 0.2) is 5.82 Å². The highest BCUT2D eigenvalue weighted by Gasteiger charge is 2.34. The van der Waals surface area contributed by atoms with E-state index in [4.69, 9.17) is 0 Å². The summed E-state index contributed by atoms with van der Waals surface area (Å²) in [4.78, 5) is 11.4. The van der Waals surface area contributed by atoms with E-state index < -0.39 is 23.5 Å². The molecule has 0 aliphatic heterocycles. The van der Waals surface area contributed by atoms with Crippen molar-refractivity contribution in [3.63, 3.8) is 0 Å². The van der Waals surface area contributed by atoms with Crippen LogP contribution in [0, 0.1) is 0 Å². The zero-order chi connectivity index (χ0) is 13.6. The number of rotatable bonds is 5. The van der Waals surface area contributed by atoms with Crippen LogP contribution in [0.15, 0.2) is 12.3 Å². The Morgan fingerprint density at radius 3 is 2.72 bits per heavy atom. The molecule has 1 aromatic rings. The molecule has 1 amide bonds. The second-order valence-corrected chi connectivity index (χ2v) is 3.80. The van der Waals surface area contributed by atoms with E-state index in [9.17, 15) is 18.0 Å². The normalized spacial score (nSPS) is 11.3. The molecule has 0 spiro atoms. The molecule has 1 rings (SSSR count). The largest absolute Gasteiger partial charge is 0.420 e. The first-order valence-corrected chi connectivity index (χ1v) is 5.64. The predicted molar refractivity (Wildman–Crippen MR) is 59.8 cm³/mol.